The number of para-hydroxylation sites is 1. The summed E-state index contributed by atoms with van der Waals surface area (Å²) in [6.07, 6.45) is 1.63. The van der Waals surface area contributed by atoms with Crippen molar-refractivity contribution in [1.29, 1.82) is 0 Å². The lowest BCUT2D eigenvalue weighted by atomic mass is 10.2. The molecule has 1 heterocycles. The highest BCUT2D eigenvalue weighted by molar-refractivity contribution is 6.61. The molecule has 2 rings (SSSR count). The standard InChI is InChI=1S/C10H6ClNO2/c11-10(13)14-8-5-1-3-7-4-2-6-12-9(7)8/h1-6H. The molecule has 0 N–H and O–H groups in total. The fourth-order valence-corrected chi connectivity index (χ4v) is 1.33. The van der Waals surface area contributed by atoms with E-state index < -0.39 is 5.43 Å². The fourth-order valence-electron chi connectivity index (χ4n) is 1.25. The van der Waals surface area contributed by atoms with E-state index in [-0.39, 0.29) is 0 Å². The molecule has 0 spiro atoms. The molecule has 2 aromatic rings. The van der Waals surface area contributed by atoms with Gasteiger partial charge in [-0.1, -0.05) is 18.2 Å². The summed E-state index contributed by atoms with van der Waals surface area (Å²) in [5, 5.41) is 0.905. The van der Waals surface area contributed by atoms with E-state index in [2.05, 4.69) is 4.98 Å². The molecule has 4 heteroatoms. The number of carbonyl (C=O) groups excluding carboxylic acids is 1. The van der Waals surface area contributed by atoms with Gasteiger partial charge in [0.25, 0.3) is 0 Å². The van der Waals surface area contributed by atoms with Gasteiger partial charge >= 0.3 is 5.43 Å². The van der Waals surface area contributed by atoms with E-state index in [1.165, 1.54) is 0 Å². The van der Waals surface area contributed by atoms with Gasteiger partial charge in [-0.3, -0.25) is 4.98 Å². The number of halogens is 1. The lowest BCUT2D eigenvalue weighted by Crippen LogP contribution is -1.97. The second-order valence-electron chi connectivity index (χ2n) is 2.67. The third kappa shape index (κ3) is 1.67. The highest BCUT2D eigenvalue weighted by atomic mass is 35.5. The van der Waals surface area contributed by atoms with E-state index in [1.807, 2.05) is 18.2 Å². The molecule has 3 nitrogen and oxygen atoms in total. The number of hydrogen-bond donors (Lipinski definition) is 0. The Balaban J connectivity index is 2.59. The van der Waals surface area contributed by atoms with E-state index in [4.69, 9.17) is 16.3 Å². The number of carbonyl (C=O) groups is 1. The molecule has 0 unspecified atom stereocenters. The summed E-state index contributed by atoms with van der Waals surface area (Å²) < 4.78 is 4.79. The summed E-state index contributed by atoms with van der Waals surface area (Å²) in [4.78, 5) is 14.7. The van der Waals surface area contributed by atoms with Crippen LogP contribution in [0.25, 0.3) is 10.9 Å². The maximum Gasteiger partial charge on any atom is 0.409 e. The van der Waals surface area contributed by atoms with Crippen LogP contribution in [-0.2, 0) is 0 Å². The van der Waals surface area contributed by atoms with Crippen LogP contribution in [0.3, 0.4) is 0 Å². The van der Waals surface area contributed by atoms with Crippen molar-refractivity contribution in [2.75, 3.05) is 0 Å². The Morgan fingerprint density at radius 3 is 2.86 bits per heavy atom. The zero-order chi connectivity index (χ0) is 9.97. The first kappa shape index (κ1) is 8.97. The molecule has 0 fully saturated rings. The Morgan fingerprint density at radius 1 is 1.29 bits per heavy atom. The van der Waals surface area contributed by atoms with Crippen molar-refractivity contribution in [3.05, 3.63) is 36.5 Å². The van der Waals surface area contributed by atoms with E-state index >= 15 is 0 Å². The molecule has 0 atom stereocenters. The number of rotatable bonds is 1. The van der Waals surface area contributed by atoms with Crippen LogP contribution in [-0.4, -0.2) is 10.4 Å². The Labute approximate surface area is 85.3 Å². The van der Waals surface area contributed by atoms with Crippen molar-refractivity contribution in [1.82, 2.24) is 4.98 Å². The molecule has 0 amide bonds. The minimum Gasteiger partial charge on any atom is -0.412 e. The Morgan fingerprint density at radius 2 is 2.07 bits per heavy atom. The highest BCUT2D eigenvalue weighted by Crippen LogP contribution is 2.23. The zero-order valence-electron chi connectivity index (χ0n) is 7.11. The van der Waals surface area contributed by atoms with Gasteiger partial charge in [0.05, 0.1) is 0 Å². The SMILES string of the molecule is O=C(Cl)Oc1cccc2cccnc12. The van der Waals surface area contributed by atoms with Crippen LogP contribution in [0.5, 0.6) is 5.75 Å². The van der Waals surface area contributed by atoms with E-state index in [9.17, 15) is 4.79 Å². The summed E-state index contributed by atoms with van der Waals surface area (Å²) in [5.41, 5.74) is -0.229. The number of pyridine rings is 1. The van der Waals surface area contributed by atoms with Gasteiger partial charge in [-0.2, -0.15) is 0 Å². The first-order valence-electron chi connectivity index (χ1n) is 3.98. The summed E-state index contributed by atoms with van der Waals surface area (Å²) in [5.74, 6) is 0.378. The molecule has 14 heavy (non-hydrogen) atoms. The van der Waals surface area contributed by atoms with Crippen LogP contribution >= 0.6 is 11.6 Å². The molecule has 0 aliphatic rings. The van der Waals surface area contributed by atoms with Crippen LogP contribution in [0.15, 0.2) is 36.5 Å². The van der Waals surface area contributed by atoms with Crippen molar-refractivity contribution in [3.63, 3.8) is 0 Å². The Kier molecular flexibility index (Phi) is 2.33. The predicted octanol–water partition coefficient (Wildman–Crippen LogP) is 2.97. The van der Waals surface area contributed by atoms with Gasteiger partial charge in [0, 0.05) is 23.2 Å². The molecule has 1 aromatic carbocycles. The van der Waals surface area contributed by atoms with Crippen molar-refractivity contribution < 1.29 is 9.53 Å². The summed E-state index contributed by atoms with van der Waals surface area (Å²) in [6.45, 7) is 0. The molecule has 1 aromatic heterocycles. The van der Waals surface area contributed by atoms with Crippen molar-refractivity contribution in [3.8, 4) is 5.75 Å². The molecule has 0 saturated carbocycles. The van der Waals surface area contributed by atoms with Crippen LogP contribution < -0.4 is 4.74 Å². The Hall–Kier alpha value is -1.61. The van der Waals surface area contributed by atoms with Gasteiger partial charge in [-0.25, -0.2) is 4.79 Å². The summed E-state index contributed by atoms with van der Waals surface area (Å²) in [6, 6.07) is 9.01. The number of aromatic nitrogens is 1. The summed E-state index contributed by atoms with van der Waals surface area (Å²) >= 11 is 5.12. The van der Waals surface area contributed by atoms with Crippen LogP contribution in [0, 0.1) is 0 Å². The van der Waals surface area contributed by atoms with Crippen molar-refractivity contribution in [2.45, 2.75) is 0 Å². The normalized spacial score (nSPS) is 10.1. The first-order chi connectivity index (χ1) is 6.77. The maximum absolute atomic E-state index is 10.6. The number of fused-ring (bicyclic) bond motifs is 1. The molecular formula is C10H6ClNO2. The number of benzene rings is 1. The van der Waals surface area contributed by atoms with Gasteiger partial charge in [0.15, 0.2) is 5.75 Å². The second kappa shape index (κ2) is 3.64. The quantitative estimate of drug-likeness (QED) is 0.675. The van der Waals surface area contributed by atoms with Crippen molar-refractivity contribution >= 4 is 27.9 Å². The minimum absolute atomic E-state index is 0.378. The molecule has 0 aliphatic heterocycles. The zero-order valence-corrected chi connectivity index (χ0v) is 7.86. The summed E-state index contributed by atoms with van der Waals surface area (Å²) in [7, 11) is 0. The third-order valence-electron chi connectivity index (χ3n) is 1.79. The lowest BCUT2D eigenvalue weighted by molar-refractivity contribution is 0.226. The third-order valence-corrected chi connectivity index (χ3v) is 1.86. The fraction of sp³-hybridized carbons (Fsp3) is 0. The van der Waals surface area contributed by atoms with Gasteiger partial charge in [0.1, 0.15) is 5.52 Å². The lowest BCUT2D eigenvalue weighted by Gasteiger charge is -2.02. The smallest absolute Gasteiger partial charge is 0.409 e. The van der Waals surface area contributed by atoms with Crippen LogP contribution in [0.2, 0.25) is 0 Å². The predicted molar refractivity (Wildman–Crippen MR) is 53.6 cm³/mol. The number of nitrogens with zero attached hydrogens (tertiary/aromatic N) is 1. The molecule has 0 aliphatic carbocycles. The van der Waals surface area contributed by atoms with Crippen LogP contribution in [0.4, 0.5) is 4.79 Å². The minimum atomic E-state index is -0.858. The monoisotopic (exact) mass is 207 g/mol. The van der Waals surface area contributed by atoms with Gasteiger partial charge in [-0.15, -0.1) is 0 Å². The second-order valence-corrected chi connectivity index (χ2v) is 2.98. The molecule has 0 bridgehead atoms. The van der Waals surface area contributed by atoms with Crippen molar-refractivity contribution in [2.24, 2.45) is 0 Å². The first-order valence-corrected chi connectivity index (χ1v) is 4.36. The maximum atomic E-state index is 10.6. The molecule has 0 radical (unpaired) electrons. The Bertz CT molecular complexity index is 479. The van der Waals surface area contributed by atoms with Gasteiger partial charge in [0.2, 0.25) is 0 Å². The van der Waals surface area contributed by atoms with E-state index in [1.54, 1.807) is 18.3 Å². The van der Waals surface area contributed by atoms with E-state index in [0.717, 1.165) is 5.39 Å². The largest absolute Gasteiger partial charge is 0.412 e. The van der Waals surface area contributed by atoms with E-state index in [0.29, 0.717) is 11.3 Å². The number of ether oxygens (including phenoxy) is 1. The van der Waals surface area contributed by atoms with Gasteiger partial charge < -0.3 is 4.74 Å². The number of hydrogen-bond acceptors (Lipinski definition) is 3. The topological polar surface area (TPSA) is 39.2 Å². The molecule has 0 saturated heterocycles. The average Bonchev–Trinajstić information content (AvgIpc) is 2.18. The molecular weight excluding hydrogens is 202 g/mol. The average molecular weight is 208 g/mol. The van der Waals surface area contributed by atoms with Crippen LogP contribution in [0.1, 0.15) is 0 Å². The molecule has 70 valence electrons. The highest BCUT2D eigenvalue weighted by Gasteiger charge is 2.05. The van der Waals surface area contributed by atoms with Gasteiger partial charge in [-0.05, 0) is 12.1 Å².